The zero-order valence-electron chi connectivity index (χ0n) is 15.9. The average molecular weight is 378 g/mol. The Labute approximate surface area is 162 Å². The van der Waals surface area contributed by atoms with Gasteiger partial charge in [0, 0.05) is 32.2 Å². The summed E-state index contributed by atoms with van der Waals surface area (Å²) in [6, 6.07) is 13.6. The number of carbonyl (C=O) groups excluding carboxylic acids is 2. The average Bonchev–Trinajstić information content (AvgIpc) is 3.16. The third-order valence-electron chi connectivity index (χ3n) is 5.14. The lowest BCUT2D eigenvalue weighted by molar-refractivity contribution is -0.130. The number of ether oxygens (including phenoxy) is 1. The Morgan fingerprint density at radius 1 is 1.21 bits per heavy atom. The highest BCUT2D eigenvalue weighted by molar-refractivity contribution is 5.93. The van der Waals surface area contributed by atoms with Gasteiger partial charge in [0.15, 0.2) is 0 Å². The van der Waals surface area contributed by atoms with E-state index in [2.05, 4.69) is 22.4 Å². The third kappa shape index (κ3) is 3.36. The summed E-state index contributed by atoms with van der Waals surface area (Å²) in [7, 11) is 1.36. The van der Waals surface area contributed by atoms with Crippen molar-refractivity contribution in [2.45, 2.75) is 13.0 Å². The first-order chi connectivity index (χ1) is 13.6. The lowest BCUT2D eigenvalue weighted by atomic mass is 10.0. The summed E-state index contributed by atoms with van der Waals surface area (Å²) in [5, 5.41) is 3.49. The van der Waals surface area contributed by atoms with E-state index < -0.39 is 0 Å². The molecule has 1 N–H and O–H groups in total. The van der Waals surface area contributed by atoms with Crippen LogP contribution in [0.3, 0.4) is 0 Å². The van der Waals surface area contributed by atoms with Crippen molar-refractivity contribution in [3.05, 3.63) is 59.9 Å². The molecule has 0 spiro atoms. The Bertz CT molecular complexity index is 1040. The highest BCUT2D eigenvalue weighted by Crippen LogP contribution is 2.24. The number of methoxy groups -OCH3 is 1. The van der Waals surface area contributed by atoms with Gasteiger partial charge in [0.1, 0.15) is 6.33 Å². The molecule has 0 bridgehead atoms. The molecule has 1 fully saturated rings. The predicted molar refractivity (Wildman–Crippen MR) is 105 cm³/mol. The smallest absolute Gasteiger partial charge is 0.337 e. The first kappa shape index (κ1) is 18.2. The van der Waals surface area contributed by atoms with Crippen LogP contribution in [0.15, 0.2) is 48.8 Å². The molecule has 2 heterocycles. The Morgan fingerprint density at radius 2 is 2.07 bits per heavy atom. The van der Waals surface area contributed by atoms with Gasteiger partial charge in [-0.25, -0.2) is 9.78 Å². The number of hydrogen-bond acceptors (Lipinski definition) is 5. The lowest BCUT2D eigenvalue weighted by Gasteiger charge is -2.33. The van der Waals surface area contributed by atoms with Gasteiger partial charge in [-0.15, -0.1) is 0 Å². The molecule has 1 aromatic heterocycles. The molecule has 0 aliphatic carbocycles. The molecule has 1 unspecified atom stereocenters. The van der Waals surface area contributed by atoms with E-state index in [4.69, 9.17) is 4.74 Å². The fraction of sp³-hybridized carbons (Fsp3) is 0.286. The second-order valence-electron chi connectivity index (χ2n) is 6.88. The van der Waals surface area contributed by atoms with E-state index in [-0.39, 0.29) is 17.9 Å². The Morgan fingerprint density at radius 3 is 2.86 bits per heavy atom. The third-order valence-corrected chi connectivity index (χ3v) is 5.14. The van der Waals surface area contributed by atoms with Gasteiger partial charge in [-0.1, -0.05) is 12.1 Å². The molecule has 1 aliphatic rings. The first-order valence-electron chi connectivity index (χ1n) is 9.21. The fourth-order valence-corrected chi connectivity index (χ4v) is 3.61. The van der Waals surface area contributed by atoms with Gasteiger partial charge >= 0.3 is 5.97 Å². The zero-order chi connectivity index (χ0) is 19.7. The topological polar surface area (TPSA) is 76.5 Å². The number of fused-ring (bicyclic) bond motifs is 1. The van der Waals surface area contributed by atoms with Crippen LogP contribution >= 0.6 is 0 Å². The van der Waals surface area contributed by atoms with Gasteiger partial charge in [0.25, 0.3) is 0 Å². The van der Waals surface area contributed by atoms with E-state index in [9.17, 15) is 9.59 Å². The maximum Gasteiger partial charge on any atom is 0.337 e. The van der Waals surface area contributed by atoms with Crippen LogP contribution in [-0.4, -0.2) is 53.1 Å². The van der Waals surface area contributed by atoms with Crippen LogP contribution in [0.1, 0.15) is 28.9 Å². The Balaban J connectivity index is 1.66. The number of carbonyl (C=O) groups is 2. The molecule has 4 rings (SSSR count). The Hall–Kier alpha value is -3.19. The van der Waals surface area contributed by atoms with Crippen LogP contribution in [0, 0.1) is 0 Å². The maximum atomic E-state index is 11.7. The van der Waals surface area contributed by atoms with Crippen LogP contribution in [0.25, 0.3) is 16.7 Å². The molecular formula is C21H22N4O3. The number of aromatic nitrogens is 2. The number of rotatable bonds is 3. The molecule has 1 saturated heterocycles. The molecule has 7 nitrogen and oxygen atoms in total. The Kier molecular flexibility index (Phi) is 4.83. The van der Waals surface area contributed by atoms with E-state index in [1.165, 1.54) is 7.11 Å². The summed E-state index contributed by atoms with van der Waals surface area (Å²) in [6.45, 7) is 3.78. The second-order valence-corrected chi connectivity index (χ2v) is 6.88. The van der Waals surface area contributed by atoms with Crippen molar-refractivity contribution in [3.63, 3.8) is 0 Å². The van der Waals surface area contributed by atoms with Gasteiger partial charge in [-0.2, -0.15) is 0 Å². The summed E-state index contributed by atoms with van der Waals surface area (Å²) < 4.78 is 6.77. The number of nitrogens with one attached hydrogen (secondary N) is 1. The first-order valence-corrected chi connectivity index (χ1v) is 9.21. The quantitative estimate of drug-likeness (QED) is 0.708. The molecule has 1 atom stereocenters. The summed E-state index contributed by atoms with van der Waals surface area (Å²) in [5.41, 5.74) is 4.22. The molecule has 3 aromatic rings. The van der Waals surface area contributed by atoms with Crippen LogP contribution < -0.4 is 5.32 Å². The minimum Gasteiger partial charge on any atom is -0.465 e. The number of benzene rings is 2. The number of imidazole rings is 1. The van der Waals surface area contributed by atoms with Crippen LogP contribution in [0.4, 0.5) is 0 Å². The van der Waals surface area contributed by atoms with Crippen molar-refractivity contribution in [2.75, 3.05) is 26.7 Å². The summed E-state index contributed by atoms with van der Waals surface area (Å²) in [6.07, 6.45) is 1.75. The number of esters is 1. The van der Waals surface area contributed by atoms with Crippen molar-refractivity contribution in [2.24, 2.45) is 0 Å². The fourth-order valence-electron chi connectivity index (χ4n) is 3.61. The monoisotopic (exact) mass is 378 g/mol. The zero-order valence-corrected chi connectivity index (χ0v) is 15.9. The van der Waals surface area contributed by atoms with Gasteiger partial charge in [0.2, 0.25) is 5.91 Å². The molecule has 28 heavy (non-hydrogen) atoms. The van der Waals surface area contributed by atoms with Crippen molar-refractivity contribution >= 4 is 22.9 Å². The van der Waals surface area contributed by atoms with Crippen LogP contribution in [-0.2, 0) is 9.53 Å². The molecule has 2 aromatic carbocycles. The minimum absolute atomic E-state index is 0.0957. The van der Waals surface area contributed by atoms with E-state index in [1.54, 1.807) is 25.4 Å². The normalized spacial score (nSPS) is 16.9. The molecular weight excluding hydrogens is 356 g/mol. The largest absolute Gasteiger partial charge is 0.465 e. The van der Waals surface area contributed by atoms with Crippen molar-refractivity contribution in [1.29, 1.82) is 0 Å². The second kappa shape index (κ2) is 7.44. The van der Waals surface area contributed by atoms with Gasteiger partial charge in [0.05, 0.1) is 29.7 Å². The van der Waals surface area contributed by atoms with Crippen LogP contribution in [0.2, 0.25) is 0 Å². The van der Waals surface area contributed by atoms with E-state index in [1.807, 2.05) is 27.7 Å². The molecule has 0 radical (unpaired) electrons. The van der Waals surface area contributed by atoms with E-state index >= 15 is 0 Å². The highest BCUT2D eigenvalue weighted by Gasteiger charge is 2.22. The predicted octanol–water partition coefficient (Wildman–Crippen LogP) is 2.30. The number of nitrogens with zero attached hydrogens (tertiary/aromatic N) is 3. The van der Waals surface area contributed by atoms with Crippen molar-refractivity contribution in [3.8, 4) is 5.69 Å². The van der Waals surface area contributed by atoms with Crippen molar-refractivity contribution < 1.29 is 14.3 Å². The van der Waals surface area contributed by atoms with Gasteiger partial charge in [-0.3, -0.25) is 9.36 Å². The van der Waals surface area contributed by atoms with Crippen molar-refractivity contribution in [1.82, 2.24) is 19.8 Å². The van der Waals surface area contributed by atoms with E-state index in [0.717, 1.165) is 35.4 Å². The van der Waals surface area contributed by atoms with E-state index in [0.29, 0.717) is 12.1 Å². The number of hydrogen-bond donors (Lipinski definition) is 1. The molecule has 144 valence electrons. The SMILES string of the molecule is COC(=O)c1ccc2c(c1)ncn2-c1cccc(C2CN(C(C)=O)CCN2)c1. The minimum atomic E-state index is -0.378. The lowest BCUT2D eigenvalue weighted by Crippen LogP contribution is -2.47. The number of piperazine rings is 1. The summed E-state index contributed by atoms with van der Waals surface area (Å²) in [5.74, 6) is -0.276. The van der Waals surface area contributed by atoms with Gasteiger partial charge in [-0.05, 0) is 35.9 Å². The standard InChI is InChI=1S/C21H22N4O3/c1-14(26)24-9-8-22-19(12-24)15-4-3-5-17(10-15)25-13-23-18-11-16(21(27)28-2)6-7-20(18)25/h3-7,10-11,13,19,22H,8-9,12H2,1-2H3. The number of amides is 1. The highest BCUT2D eigenvalue weighted by atomic mass is 16.5. The van der Waals surface area contributed by atoms with Crippen LogP contribution in [0.5, 0.6) is 0 Å². The van der Waals surface area contributed by atoms with Gasteiger partial charge < -0.3 is 15.0 Å². The molecule has 1 aliphatic heterocycles. The maximum absolute atomic E-state index is 11.7. The molecule has 7 heteroatoms. The summed E-state index contributed by atoms with van der Waals surface area (Å²) >= 11 is 0. The molecule has 0 saturated carbocycles. The molecule has 1 amide bonds. The summed E-state index contributed by atoms with van der Waals surface area (Å²) in [4.78, 5) is 29.8.